The normalized spacial score (nSPS) is 16.6. The van der Waals surface area contributed by atoms with Crippen LogP contribution in [0.3, 0.4) is 0 Å². The Morgan fingerprint density at radius 3 is 2.42 bits per heavy atom. The summed E-state index contributed by atoms with van der Waals surface area (Å²) in [6.07, 6.45) is 5.50. The maximum Gasteiger partial charge on any atom is 0.119 e. The third-order valence-corrected chi connectivity index (χ3v) is 3.70. The van der Waals surface area contributed by atoms with Crippen LogP contribution in [-0.4, -0.2) is 18.7 Å². The third kappa shape index (κ3) is 4.87. The van der Waals surface area contributed by atoms with Crippen LogP contribution in [0.4, 0.5) is 0 Å². The minimum atomic E-state index is 0.249. The zero-order chi connectivity index (χ0) is 13.7. The molecule has 1 saturated carbocycles. The maximum absolute atomic E-state index is 5.67. The molecule has 0 aromatic heterocycles. The van der Waals surface area contributed by atoms with E-state index < -0.39 is 0 Å². The quantitative estimate of drug-likeness (QED) is 0.768. The number of aryl methyl sites for hydroxylation is 1. The zero-order valence-corrected chi connectivity index (χ0v) is 12.5. The van der Waals surface area contributed by atoms with E-state index in [1.165, 1.54) is 24.8 Å². The topological polar surface area (TPSA) is 21.3 Å². The second-order valence-electron chi connectivity index (χ2n) is 5.85. The minimum Gasteiger partial charge on any atom is -0.491 e. The lowest BCUT2D eigenvalue weighted by atomic mass is 10.0. The molecule has 1 aromatic carbocycles. The Morgan fingerprint density at radius 1 is 1.21 bits per heavy atom. The van der Waals surface area contributed by atoms with Crippen LogP contribution in [0.5, 0.6) is 5.75 Å². The Bertz CT molecular complexity index is 367. The van der Waals surface area contributed by atoms with Crippen LogP contribution in [0.1, 0.15) is 45.6 Å². The molecule has 0 aliphatic heterocycles. The monoisotopic (exact) mass is 261 g/mol. The van der Waals surface area contributed by atoms with Crippen LogP contribution in [0, 0.1) is 5.92 Å². The molecule has 2 rings (SSSR count). The number of ether oxygens (including phenoxy) is 1. The highest BCUT2D eigenvalue weighted by Gasteiger charge is 2.29. The van der Waals surface area contributed by atoms with Gasteiger partial charge in [0.05, 0.1) is 6.10 Å². The van der Waals surface area contributed by atoms with Crippen LogP contribution < -0.4 is 10.1 Å². The van der Waals surface area contributed by atoms with E-state index in [-0.39, 0.29) is 6.10 Å². The highest BCUT2D eigenvalue weighted by atomic mass is 16.5. The summed E-state index contributed by atoms with van der Waals surface area (Å²) in [5, 5.41) is 3.63. The number of hydrogen-bond acceptors (Lipinski definition) is 2. The molecule has 19 heavy (non-hydrogen) atoms. The average Bonchev–Trinajstić information content (AvgIpc) is 3.20. The minimum absolute atomic E-state index is 0.249. The summed E-state index contributed by atoms with van der Waals surface area (Å²) < 4.78 is 5.67. The van der Waals surface area contributed by atoms with E-state index in [0.717, 1.165) is 30.7 Å². The second-order valence-corrected chi connectivity index (χ2v) is 5.85. The van der Waals surface area contributed by atoms with Gasteiger partial charge in [-0.15, -0.1) is 0 Å². The Labute approximate surface area is 117 Å². The number of hydrogen-bond donors (Lipinski definition) is 1. The predicted molar refractivity (Wildman–Crippen MR) is 80.7 cm³/mol. The van der Waals surface area contributed by atoms with E-state index in [9.17, 15) is 0 Å². The van der Waals surface area contributed by atoms with Gasteiger partial charge in [0.1, 0.15) is 5.75 Å². The van der Waals surface area contributed by atoms with Crippen LogP contribution in [0.2, 0.25) is 0 Å². The SMILES string of the molecule is CCNC(CCc1ccc(OC(C)C)cc1)C1CC1. The Morgan fingerprint density at radius 2 is 1.89 bits per heavy atom. The summed E-state index contributed by atoms with van der Waals surface area (Å²) in [5.41, 5.74) is 1.42. The van der Waals surface area contributed by atoms with Gasteiger partial charge >= 0.3 is 0 Å². The van der Waals surface area contributed by atoms with Gasteiger partial charge in [0.25, 0.3) is 0 Å². The molecule has 2 nitrogen and oxygen atoms in total. The fraction of sp³-hybridized carbons (Fsp3) is 0.647. The van der Waals surface area contributed by atoms with Crippen molar-refractivity contribution in [3.8, 4) is 5.75 Å². The average molecular weight is 261 g/mol. The van der Waals surface area contributed by atoms with Crippen LogP contribution in [0.25, 0.3) is 0 Å². The molecule has 1 N–H and O–H groups in total. The smallest absolute Gasteiger partial charge is 0.119 e. The number of nitrogens with one attached hydrogen (secondary N) is 1. The molecule has 0 amide bonds. The highest BCUT2D eigenvalue weighted by Crippen LogP contribution is 2.34. The molecule has 1 aliphatic carbocycles. The van der Waals surface area contributed by atoms with Crippen molar-refractivity contribution in [3.63, 3.8) is 0 Å². The van der Waals surface area contributed by atoms with Gasteiger partial charge in [-0.3, -0.25) is 0 Å². The van der Waals surface area contributed by atoms with Crippen LogP contribution in [0.15, 0.2) is 24.3 Å². The summed E-state index contributed by atoms with van der Waals surface area (Å²) in [4.78, 5) is 0. The molecular weight excluding hydrogens is 234 g/mol. The molecule has 0 spiro atoms. The van der Waals surface area contributed by atoms with Gasteiger partial charge in [-0.2, -0.15) is 0 Å². The highest BCUT2D eigenvalue weighted by molar-refractivity contribution is 5.27. The van der Waals surface area contributed by atoms with Crippen LogP contribution >= 0.6 is 0 Å². The fourth-order valence-corrected chi connectivity index (χ4v) is 2.59. The number of rotatable bonds is 8. The lowest BCUT2D eigenvalue weighted by Crippen LogP contribution is -2.31. The van der Waals surface area contributed by atoms with E-state index in [0.29, 0.717) is 0 Å². The summed E-state index contributed by atoms with van der Waals surface area (Å²) in [5.74, 6) is 1.91. The van der Waals surface area contributed by atoms with Crippen LogP contribution in [-0.2, 0) is 6.42 Å². The van der Waals surface area contributed by atoms with Crippen molar-refractivity contribution in [3.05, 3.63) is 29.8 Å². The Hall–Kier alpha value is -1.02. The molecule has 0 heterocycles. The summed E-state index contributed by atoms with van der Waals surface area (Å²) in [7, 11) is 0. The van der Waals surface area contributed by atoms with Crippen molar-refractivity contribution < 1.29 is 4.74 Å². The van der Waals surface area contributed by atoms with Crippen molar-refractivity contribution in [2.75, 3.05) is 6.54 Å². The van der Waals surface area contributed by atoms with E-state index in [4.69, 9.17) is 4.74 Å². The van der Waals surface area contributed by atoms with Crippen molar-refractivity contribution in [2.24, 2.45) is 5.92 Å². The first-order valence-electron chi connectivity index (χ1n) is 7.68. The van der Waals surface area contributed by atoms with E-state index in [1.54, 1.807) is 0 Å². The van der Waals surface area contributed by atoms with Crippen molar-refractivity contribution in [2.45, 2.75) is 58.6 Å². The lowest BCUT2D eigenvalue weighted by Gasteiger charge is -2.17. The molecule has 106 valence electrons. The van der Waals surface area contributed by atoms with Gasteiger partial charge in [-0.25, -0.2) is 0 Å². The van der Waals surface area contributed by atoms with Crippen molar-refractivity contribution in [1.29, 1.82) is 0 Å². The largest absolute Gasteiger partial charge is 0.491 e. The van der Waals surface area contributed by atoms with Crippen molar-refractivity contribution >= 4 is 0 Å². The van der Waals surface area contributed by atoms with Gasteiger partial charge in [0, 0.05) is 6.04 Å². The third-order valence-electron chi connectivity index (χ3n) is 3.70. The maximum atomic E-state index is 5.67. The van der Waals surface area contributed by atoms with Gasteiger partial charge in [0.15, 0.2) is 0 Å². The molecule has 1 aromatic rings. The van der Waals surface area contributed by atoms with Gasteiger partial charge in [-0.1, -0.05) is 19.1 Å². The lowest BCUT2D eigenvalue weighted by molar-refractivity contribution is 0.242. The van der Waals surface area contributed by atoms with E-state index in [1.807, 2.05) is 0 Å². The second kappa shape index (κ2) is 6.95. The molecule has 0 saturated heterocycles. The van der Waals surface area contributed by atoms with E-state index >= 15 is 0 Å². The number of benzene rings is 1. The van der Waals surface area contributed by atoms with Gasteiger partial charge in [-0.05, 0) is 69.7 Å². The Balaban J connectivity index is 1.81. The molecule has 1 unspecified atom stereocenters. The first-order valence-corrected chi connectivity index (χ1v) is 7.68. The first-order chi connectivity index (χ1) is 9.19. The molecular formula is C17H27NO. The summed E-state index contributed by atoms with van der Waals surface area (Å²) >= 11 is 0. The summed E-state index contributed by atoms with van der Waals surface area (Å²) in [6.45, 7) is 7.41. The standard InChI is InChI=1S/C17H27NO/c1-4-18-17(15-8-9-15)12-7-14-5-10-16(11-6-14)19-13(2)3/h5-6,10-11,13,15,17-18H,4,7-9,12H2,1-3H3. The molecule has 0 radical (unpaired) electrons. The molecule has 1 aliphatic rings. The molecule has 2 heteroatoms. The summed E-state index contributed by atoms with van der Waals surface area (Å²) in [6, 6.07) is 9.31. The fourth-order valence-electron chi connectivity index (χ4n) is 2.59. The van der Waals surface area contributed by atoms with E-state index in [2.05, 4.69) is 50.4 Å². The van der Waals surface area contributed by atoms with Crippen molar-refractivity contribution in [1.82, 2.24) is 5.32 Å². The molecule has 0 bridgehead atoms. The van der Waals surface area contributed by atoms with Gasteiger partial charge < -0.3 is 10.1 Å². The Kier molecular flexibility index (Phi) is 5.26. The van der Waals surface area contributed by atoms with Gasteiger partial charge in [0.2, 0.25) is 0 Å². The zero-order valence-electron chi connectivity index (χ0n) is 12.5. The first kappa shape index (κ1) is 14.4. The molecule has 1 atom stereocenters. The molecule has 1 fully saturated rings. The predicted octanol–water partition coefficient (Wildman–Crippen LogP) is 3.79.